The van der Waals surface area contributed by atoms with Crippen molar-refractivity contribution in [3.8, 4) is 6.01 Å². The molecule has 4 aromatic rings. The molecule has 184 valence electrons. The molecule has 0 radical (unpaired) electrons. The first-order chi connectivity index (χ1) is 17.5. The van der Waals surface area contributed by atoms with Crippen LogP contribution in [0.15, 0.2) is 97.1 Å². The lowest BCUT2D eigenvalue weighted by Crippen LogP contribution is -2.50. The van der Waals surface area contributed by atoms with Crippen molar-refractivity contribution in [2.24, 2.45) is 0 Å². The van der Waals surface area contributed by atoms with E-state index in [2.05, 4.69) is 9.97 Å². The Balaban J connectivity index is 1.66. The normalized spacial score (nSPS) is 12.2. The molecule has 3 aromatic carbocycles. The maximum atomic E-state index is 12.7. The molecular weight excluding hydrogens is 456 g/mol. The summed E-state index contributed by atoms with van der Waals surface area (Å²) in [6.45, 7) is 2.44. The third-order valence-electron chi connectivity index (χ3n) is 5.79. The predicted molar refractivity (Wildman–Crippen MR) is 134 cm³/mol. The van der Waals surface area contributed by atoms with Crippen molar-refractivity contribution in [3.63, 3.8) is 0 Å². The maximum absolute atomic E-state index is 12.7. The fourth-order valence-corrected chi connectivity index (χ4v) is 4.18. The van der Waals surface area contributed by atoms with Gasteiger partial charge in [-0.05, 0) is 29.7 Å². The Morgan fingerprint density at radius 3 is 1.94 bits per heavy atom. The summed E-state index contributed by atoms with van der Waals surface area (Å²) in [5, 5.41) is 10.3. The van der Waals surface area contributed by atoms with Crippen molar-refractivity contribution in [2.45, 2.75) is 31.8 Å². The number of aromatic nitrogens is 2. The molecule has 1 atom stereocenters. The van der Waals surface area contributed by atoms with Crippen LogP contribution in [0.3, 0.4) is 0 Å². The number of rotatable bonds is 11. The zero-order chi connectivity index (χ0) is 25.4. The van der Waals surface area contributed by atoms with Gasteiger partial charge >= 0.3 is 12.0 Å². The largest absolute Gasteiger partial charge is 0.478 e. The fraction of sp³-hybridized carbons (Fsp3) is 0.207. The molecule has 0 saturated carbocycles. The van der Waals surface area contributed by atoms with Gasteiger partial charge in [-0.25, -0.2) is 9.78 Å². The molecule has 0 aliphatic heterocycles. The number of benzene rings is 3. The zero-order valence-corrected chi connectivity index (χ0v) is 20.2. The number of hydrogen-bond donors (Lipinski definition) is 1. The molecule has 0 unspecified atom stereocenters. The van der Waals surface area contributed by atoms with Crippen molar-refractivity contribution in [1.29, 1.82) is 0 Å². The van der Waals surface area contributed by atoms with E-state index in [-0.39, 0.29) is 12.6 Å². The smallest absolute Gasteiger partial charge is 0.348 e. The highest BCUT2D eigenvalue weighted by Gasteiger charge is 2.49. The van der Waals surface area contributed by atoms with Gasteiger partial charge in [0.1, 0.15) is 0 Å². The average molecular weight is 485 g/mol. The summed E-state index contributed by atoms with van der Waals surface area (Å²) in [5.41, 5.74) is 2.06. The number of nitrogens with zero attached hydrogens (tertiary/aromatic N) is 2. The lowest BCUT2D eigenvalue weighted by atomic mass is 9.81. The zero-order valence-electron chi connectivity index (χ0n) is 20.2. The van der Waals surface area contributed by atoms with Crippen LogP contribution in [0.25, 0.3) is 0 Å². The standard InChI is InChI=1S/C29H28N2O5/c1-21-18-25(20-35-19-22-12-6-3-7-13-22)31-28(30-21)36-26(27(32)33)29(34-2,23-14-8-4-9-15-23)24-16-10-5-11-17-24/h3-18,26H,19-20H2,1-2H3,(H,32,33)/t26-/m1/s1. The summed E-state index contributed by atoms with van der Waals surface area (Å²) in [6.07, 6.45) is -1.48. The van der Waals surface area contributed by atoms with Gasteiger partial charge in [-0.1, -0.05) is 91.0 Å². The molecule has 0 bridgehead atoms. The first-order valence-corrected chi connectivity index (χ1v) is 11.5. The Labute approximate surface area is 210 Å². The molecule has 0 aliphatic carbocycles. The molecule has 1 heterocycles. The van der Waals surface area contributed by atoms with Gasteiger partial charge in [0.2, 0.25) is 6.10 Å². The van der Waals surface area contributed by atoms with Crippen molar-refractivity contribution >= 4 is 5.97 Å². The maximum Gasteiger partial charge on any atom is 0.348 e. The summed E-state index contributed by atoms with van der Waals surface area (Å²) >= 11 is 0. The number of ether oxygens (including phenoxy) is 3. The second-order valence-electron chi connectivity index (χ2n) is 8.27. The number of carboxylic acids is 1. The Morgan fingerprint density at radius 1 is 0.861 bits per heavy atom. The summed E-state index contributed by atoms with van der Waals surface area (Å²) in [4.78, 5) is 21.5. The highest BCUT2D eigenvalue weighted by Crippen LogP contribution is 2.38. The van der Waals surface area contributed by atoms with Gasteiger partial charge in [0.25, 0.3) is 0 Å². The van der Waals surface area contributed by atoms with Crippen LogP contribution in [0, 0.1) is 6.92 Å². The molecule has 0 fully saturated rings. The molecule has 1 aromatic heterocycles. The molecule has 0 spiro atoms. The minimum absolute atomic E-state index is 0.0611. The van der Waals surface area contributed by atoms with Crippen LogP contribution >= 0.6 is 0 Å². The number of carbonyl (C=O) groups is 1. The van der Waals surface area contributed by atoms with Crippen LogP contribution < -0.4 is 4.74 Å². The molecule has 4 rings (SSSR count). The van der Waals surface area contributed by atoms with E-state index < -0.39 is 17.7 Å². The highest BCUT2D eigenvalue weighted by molar-refractivity contribution is 5.76. The third-order valence-corrected chi connectivity index (χ3v) is 5.79. The number of aliphatic carboxylic acids is 1. The summed E-state index contributed by atoms with van der Waals surface area (Å²) in [6, 6.07) is 29.8. The second kappa shape index (κ2) is 11.6. The topological polar surface area (TPSA) is 90.8 Å². The predicted octanol–water partition coefficient (Wildman–Crippen LogP) is 4.92. The molecule has 1 N–H and O–H groups in total. The van der Waals surface area contributed by atoms with E-state index in [1.807, 2.05) is 91.0 Å². The first-order valence-electron chi connectivity index (χ1n) is 11.5. The summed E-state index contributed by atoms with van der Waals surface area (Å²) < 4.78 is 17.8. The second-order valence-corrected chi connectivity index (χ2v) is 8.27. The van der Waals surface area contributed by atoms with Gasteiger partial charge in [-0.15, -0.1) is 0 Å². The Kier molecular flexibility index (Phi) is 8.05. The Morgan fingerprint density at radius 2 is 1.42 bits per heavy atom. The van der Waals surface area contributed by atoms with Gasteiger partial charge in [0.15, 0.2) is 5.60 Å². The van der Waals surface area contributed by atoms with Gasteiger partial charge in [0, 0.05) is 12.8 Å². The van der Waals surface area contributed by atoms with E-state index in [4.69, 9.17) is 14.2 Å². The van der Waals surface area contributed by atoms with Gasteiger partial charge < -0.3 is 19.3 Å². The van der Waals surface area contributed by atoms with Crippen LogP contribution in [0.1, 0.15) is 28.1 Å². The van der Waals surface area contributed by atoms with Crippen molar-refractivity contribution in [2.75, 3.05) is 7.11 Å². The van der Waals surface area contributed by atoms with E-state index in [1.54, 1.807) is 13.0 Å². The van der Waals surface area contributed by atoms with Crippen LogP contribution in [0.2, 0.25) is 0 Å². The van der Waals surface area contributed by atoms with Crippen molar-refractivity contribution in [1.82, 2.24) is 9.97 Å². The molecule has 36 heavy (non-hydrogen) atoms. The van der Waals surface area contributed by atoms with Crippen LogP contribution in [0.5, 0.6) is 6.01 Å². The number of methoxy groups -OCH3 is 1. The van der Waals surface area contributed by atoms with Gasteiger partial charge in [-0.3, -0.25) is 0 Å². The molecule has 0 saturated heterocycles. The molecule has 7 heteroatoms. The van der Waals surface area contributed by atoms with E-state index in [9.17, 15) is 9.90 Å². The molecule has 0 aliphatic rings. The third kappa shape index (κ3) is 5.59. The number of hydrogen-bond acceptors (Lipinski definition) is 6. The van der Waals surface area contributed by atoms with Crippen LogP contribution in [-0.4, -0.2) is 34.3 Å². The Bertz CT molecular complexity index is 1230. The van der Waals surface area contributed by atoms with E-state index in [0.717, 1.165) is 5.56 Å². The van der Waals surface area contributed by atoms with E-state index in [1.165, 1.54) is 7.11 Å². The number of aryl methyl sites for hydroxylation is 1. The van der Waals surface area contributed by atoms with Gasteiger partial charge in [0.05, 0.1) is 18.9 Å². The van der Waals surface area contributed by atoms with E-state index in [0.29, 0.717) is 29.1 Å². The fourth-order valence-electron chi connectivity index (χ4n) is 4.18. The molecular formula is C29H28N2O5. The summed E-state index contributed by atoms with van der Waals surface area (Å²) in [7, 11) is 1.47. The molecule has 7 nitrogen and oxygen atoms in total. The monoisotopic (exact) mass is 484 g/mol. The van der Waals surface area contributed by atoms with E-state index >= 15 is 0 Å². The van der Waals surface area contributed by atoms with Gasteiger partial charge in [-0.2, -0.15) is 4.98 Å². The highest BCUT2D eigenvalue weighted by atomic mass is 16.6. The minimum atomic E-state index is -1.48. The average Bonchev–Trinajstić information content (AvgIpc) is 2.90. The molecule has 0 amide bonds. The number of carboxylic acid groups (broad SMARTS) is 1. The van der Waals surface area contributed by atoms with Crippen molar-refractivity contribution in [3.05, 3.63) is 125 Å². The first kappa shape index (κ1) is 25.0. The quantitative estimate of drug-likeness (QED) is 0.323. The lowest BCUT2D eigenvalue weighted by molar-refractivity contribution is -0.160. The van der Waals surface area contributed by atoms with Crippen molar-refractivity contribution < 1.29 is 24.1 Å². The Hall–Kier alpha value is -4.07. The summed E-state index contributed by atoms with van der Waals surface area (Å²) in [5.74, 6) is -1.21. The minimum Gasteiger partial charge on any atom is -0.478 e. The lowest BCUT2D eigenvalue weighted by Gasteiger charge is -2.37. The van der Waals surface area contributed by atoms with Crippen LogP contribution in [-0.2, 0) is 33.1 Å². The van der Waals surface area contributed by atoms with Crippen LogP contribution in [0.4, 0.5) is 0 Å². The SMILES string of the molecule is COC(c1ccccc1)(c1ccccc1)[C@H](Oc1nc(C)cc(COCc2ccccc2)n1)C(=O)O.